The first-order valence-electron chi connectivity index (χ1n) is 5.83. The second-order valence-corrected chi connectivity index (χ2v) is 4.45. The first-order valence-corrected chi connectivity index (χ1v) is 5.83. The van der Waals surface area contributed by atoms with Crippen LogP contribution < -0.4 is 0 Å². The van der Waals surface area contributed by atoms with E-state index in [1.54, 1.807) is 29.2 Å². The second kappa shape index (κ2) is 4.21. The van der Waals surface area contributed by atoms with Crippen molar-refractivity contribution in [3.05, 3.63) is 30.2 Å². The van der Waals surface area contributed by atoms with Crippen LogP contribution in [0.5, 0.6) is 0 Å². The third-order valence-electron chi connectivity index (χ3n) is 3.02. The lowest BCUT2D eigenvalue weighted by atomic mass is 10.1. The number of aromatic nitrogens is 4. The molecule has 6 nitrogen and oxygen atoms in total. The normalized spacial score (nSPS) is 14.7. The molecule has 18 heavy (non-hydrogen) atoms. The Balaban J connectivity index is 2.07. The molecule has 0 aromatic carbocycles. The van der Waals surface area contributed by atoms with Gasteiger partial charge >= 0.3 is 5.97 Å². The van der Waals surface area contributed by atoms with Gasteiger partial charge in [-0.3, -0.25) is 4.98 Å². The Morgan fingerprint density at radius 1 is 1.39 bits per heavy atom. The minimum Gasteiger partial charge on any atom is -0.476 e. The van der Waals surface area contributed by atoms with Gasteiger partial charge in [-0.2, -0.15) is 0 Å². The standard InChI is InChI=1S/C12H12N4O2/c17-12(18)10-11(9-3-5-13-6-4-9)16(15-14-10)7-8-1-2-8/h3-6,8H,1-2,7H2,(H,17,18). The molecule has 0 bridgehead atoms. The molecule has 6 heteroatoms. The lowest BCUT2D eigenvalue weighted by Gasteiger charge is -2.05. The van der Waals surface area contributed by atoms with E-state index >= 15 is 0 Å². The average Bonchev–Trinajstić information content (AvgIpc) is 3.07. The first kappa shape index (κ1) is 10.9. The Hall–Kier alpha value is -2.24. The van der Waals surface area contributed by atoms with Crippen molar-refractivity contribution in [2.45, 2.75) is 19.4 Å². The summed E-state index contributed by atoms with van der Waals surface area (Å²) in [5, 5.41) is 16.9. The van der Waals surface area contributed by atoms with Gasteiger partial charge in [0.15, 0.2) is 5.69 Å². The summed E-state index contributed by atoms with van der Waals surface area (Å²) in [4.78, 5) is 15.1. The Bertz CT molecular complexity index is 575. The Labute approximate surface area is 103 Å². The van der Waals surface area contributed by atoms with Crippen molar-refractivity contribution in [3.8, 4) is 11.3 Å². The van der Waals surface area contributed by atoms with E-state index < -0.39 is 5.97 Å². The number of carbonyl (C=O) groups is 1. The van der Waals surface area contributed by atoms with Crippen LogP contribution in [0, 0.1) is 5.92 Å². The molecule has 2 aromatic rings. The van der Waals surface area contributed by atoms with E-state index in [2.05, 4.69) is 15.3 Å². The number of hydrogen-bond donors (Lipinski definition) is 1. The number of carboxylic acid groups (broad SMARTS) is 1. The largest absolute Gasteiger partial charge is 0.476 e. The zero-order valence-electron chi connectivity index (χ0n) is 9.65. The fraction of sp³-hybridized carbons (Fsp3) is 0.333. The highest BCUT2D eigenvalue weighted by molar-refractivity contribution is 5.92. The molecule has 1 fully saturated rings. The van der Waals surface area contributed by atoms with Crippen LogP contribution >= 0.6 is 0 Å². The SMILES string of the molecule is O=C(O)c1nnn(CC2CC2)c1-c1ccncc1. The summed E-state index contributed by atoms with van der Waals surface area (Å²) in [5.41, 5.74) is 1.35. The molecule has 0 aliphatic heterocycles. The highest BCUT2D eigenvalue weighted by Crippen LogP contribution is 2.32. The van der Waals surface area contributed by atoms with Crippen molar-refractivity contribution in [1.29, 1.82) is 0 Å². The maximum atomic E-state index is 11.2. The van der Waals surface area contributed by atoms with Gasteiger partial charge in [0.05, 0.1) is 0 Å². The Kier molecular flexibility index (Phi) is 2.55. The van der Waals surface area contributed by atoms with Gasteiger partial charge in [-0.1, -0.05) is 5.21 Å². The third kappa shape index (κ3) is 1.97. The third-order valence-corrected chi connectivity index (χ3v) is 3.02. The van der Waals surface area contributed by atoms with Gasteiger partial charge in [-0.15, -0.1) is 5.10 Å². The number of pyridine rings is 1. The summed E-state index contributed by atoms with van der Waals surface area (Å²) in [7, 11) is 0. The van der Waals surface area contributed by atoms with Crippen LogP contribution in [-0.2, 0) is 6.54 Å². The molecular weight excluding hydrogens is 232 g/mol. The number of hydrogen-bond acceptors (Lipinski definition) is 4. The summed E-state index contributed by atoms with van der Waals surface area (Å²) < 4.78 is 1.69. The molecule has 2 aromatic heterocycles. The van der Waals surface area contributed by atoms with Gasteiger partial charge < -0.3 is 5.11 Å². The molecule has 1 saturated carbocycles. The molecule has 1 N–H and O–H groups in total. The van der Waals surface area contributed by atoms with Crippen LogP contribution in [0.2, 0.25) is 0 Å². The fourth-order valence-electron chi connectivity index (χ4n) is 1.93. The Morgan fingerprint density at radius 3 is 2.72 bits per heavy atom. The summed E-state index contributed by atoms with van der Waals surface area (Å²) in [5.74, 6) is -0.446. The van der Waals surface area contributed by atoms with E-state index in [1.165, 1.54) is 12.8 Å². The van der Waals surface area contributed by atoms with Crippen LogP contribution in [0.15, 0.2) is 24.5 Å². The van der Waals surface area contributed by atoms with E-state index in [0.717, 1.165) is 12.1 Å². The zero-order chi connectivity index (χ0) is 12.5. The molecule has 2 heterocycles. The zero-order valence-corrected chi connectivity index (χ0v) is 9.65. The molecule has 0 unspecified atom stereocenters. The molecule has 92 valence electrons. The molecule has 0 amide bonds. The van der Waals surface area contributed by atoms with Gasteiger partial charge in [-0.25, -0.2) is 9.48 Å². The van der Waals surface area contributed by atoms with Crippen LogP contribution in [0.3, 0.4) is 0 Å². The number of aromatic carboxylic acids is 1. The molecule has 0 atom stereocenters. The average molecular weight is 244 g/mol. The summed E-state index contributed by atoms with van der Waals surface area (Å²) in [6, 6.07) is 3.54. The molecule has 0 saturated heterocycles. The molecule has 0 spiro atoms. The molecule has 0 radical (unpaired) electrons. The van der Waals surface area contributed by atoms with Crippen molar-refractivity contribution in [2.75, 3.05) is 0 Å². The quantitative estimate of drug-likeness (QED) is 0.880. The van der Waals surface area contributed by atoms with Gasteiger partial charge in [0.25, 0.3) is 0 Å². The fourth-order valence-corrected chi connectivity index (χ4v) is 1.93. The minimum atomic E-state index is -1.05. The van der Waals surface area contributed by atoms with Gasteiger partial charge in [0.1, 0.15) is 5.69 Å². The summed E-state index contributed by atoms with van der Waals surface area (Å²) >= 11 is 0. The van der Waals surface area contributed by atoms with Crippen molar-refractivity contribution in [1.82, 2.24) is 20.0 Å². The molecule has 3 rings (SSSR count). The Morgan fingerprint density at radius 2 is 2.11 bits per heavy atom. The minimum absolute atomic E-state index is 0.00171. The molecule has 1 aliphatic rings. The van der Waals surface area contributed by atoms with E-state index in [1.807, 2.05) is 0 Å². The number of carboxylic acids is 1. The lowest BCUT2D eigenvalue weighted by molar-refractivity contribution is 0.0691. The first-order chi connectivity index (χ1) is 8.75. The summed E-state index contributed by atoms with van der Waals surface area (Å²) in [6.07, 6.45) is 5.63. The maximum Gasteiger partial charge on any atom is 0.358 e. The van der Waals surface area contributed by atoms with E-state index in [9.17, 15) is 4.79 Å². The highest BCUT2D eigenvalue weighted by atomic mass is 16.4. The monoisotopic (exact) mass is 244 g/mol. The summed E-state index contributed by atoms with van der Waals surface area (Å²) in [6.45, 7) is 0.734. The molecular formula is C12H12N4O2. The van der Waals surface area contributed by atoms with Crippen molar-refractivity contribution in [2.24, 2.45) is 5.92 Å². The van der Waals surface area contributed by atoms with Gasteiger partial charge in [0.2, 0.25) is 0 Å². The van der Waals surface area contributed by atoms with Gasteiger partial charge in [0, 0.05) is 24.5 Å². The predicted octanol–water partition coefficient (Wildman–Crippen LogP) is 1.45. The topological polar surface area (TPSA) is 80.9 Å². The van der Waals surface area contributed by atoms with Crippen molar-refractivity contribution in [3.63, 3.8) is 0 Å². The van der Waals surface area contributed by atoms with Gasteiger partial charge in [-0.05, 0) is 30.9 Å². The van der Waals surface area contributed by atoms with Crippen molar-refractivity contribution < 1.29 is 9.90 Å². The van der Waals surface area contributed by atoms with Crippen LogP contribution in [-0.4, -0.2) is 31.1 Å². The van der Waals surface area contributed by atoms with Crippen LogP contribution in [0.4, 0.5) is 0 Å². The number of nitrogens with zero attached hydrogens (tertiary/aromatic N) is 4. The highest BCUT2D eigenvalue weighted by Gasteiger charge is 2.26. The number of rotatable bonds is 4. The van der Waals surface area contributed by atoms with E-state index in [0.29, 0.717) is 11.6 Å². The maximum absolute atomic E-state index is 11.2. The van der Waals surface area contributed by atoms with Crippen LogP contribution in [0.1, 0.15) is 23.3 Å². The predicted molar refractivity (Wildman–Crippen MR) is 62.9 cm³/mol. The lowest BCUT2D eigenvalue weighted by Crippen LogP contribution is -2.06. The smallest absolute Gasteiger partial charge is 0.358 e. The van der Waals surface area contributed by atoms with E-state index in [4.69, 9.17) is 5.11 Å². The second-order valence-electron chi connectivity index (χ2n) is 4.45. The van der Waals surface area contributed by atoms with Crippen molar-refractivity contribution >= 4 is 5.97 Å². The van der Waals surface area contributed by atoms with E-state index in [-0.39, 0.29) is 5.69 Å². The molecule has 1 aliphatic carbocycles. The van der Waals surface area contributed by atoms with Crippen LogP contribution in [0.25, 0.3) is 11.3 Å².